The fraction of sp³-hybridized carbons (Fsp3) is 0.536. The van der Waals surface area contributed by atoms with Crippen molar-refractivity contribution in [3.8, 4) is 11.5 Å². The van der Waals surface area contributed by atoms with Crippen LogP contribution in [0.25, 0.3) is 0 Å². The average Bonchev–Trinajstić information content (AvgIpc) is 3.38. The molecule has 0 bridgehead atoms. The van der Waals surface area contributed by atoms with Gasteiger partial charge in [-0.05, 0) is 81.2 Å². The number of carbonyl (C=O) groups excluding carboxylic acids is 1. The zero-order valence-electron chi connectivity index (χ0n) is 19.8. The lowest BCUT2D eigenvalue weighted by molar-refractivity contribution is -0.136. The molecule has 2 aliphatic carbocycles. The van der Waals surface area contributed by atoms with Crippen LogP contribution in [0, 0.1) is 5.92 Å². The van der Waals surface area contributed by atoms with Crippen LogP contribution in [-0.2, 0) is 10.5 Å². The summed E-state index contributed by atoms with van der Waals surface area (Å²) in [6, 6.07) is 18.4. The van der Waals surface area contributed by atoms with Crippen LogP contribution >= 0.6 is 11.8 Å². The van der Waals surface area contributed by atoms with Gasteiger partial charge in [0, 0.05) is 23.6 Å². The molecule has 1 amide bonds. The van der Waals surface area contributed by atoms with Gasteiger partial charge in [0.25, 0.3) is 0 Å². The van der Waals surface area contributed by atoms with Gasteiger partial charge in [-0.1, -0.05) is 43.2 Å². The Bertz CT molecular complexity index is 876. The van der Waals surface area contributed by atoms with E-state index < -0.39 is 0 Å². The molecule has 33 heavy (non-hydrogen) atoms. The monoisotopic (exact) mass is 466 g/mol. The minimum atomic E-state index is -0.330. The third-order valence-electron chi connectivity index (χ3n) is 7.26. The summed E-state index contributed by atoms with van der Waals surface area (Å²) in [4.78, 5) is 15.2. The second-order valence-electron chi connectivity index (χ2n) is 9.50. The van der Waals surface area contributed by atoms with Gasteiger partial charge in [-0.25, -0.2) is 0 Å². The molecule has 178 valence electrons. The molecule has 2 fully saturated rings. The molecule has 2 saturated carbocycles. The third-order valence-corrected chi connectivity index (χ3v) is 8.71. The molecule has 1 unspecified atom stereocenters. The molecule has 2 aromatic rings. The lowest BCUT2D eigenvalue weighted by Gasteiger charge is -2.36. The number of amides is 1. The number of thioether (sulfide) groups is 1. The molecule has 0 radical (unpaired) electrons. The first-order valence-corrected chi connectivity index (χ1v) is 13.7. The van der Waals surface area contributed by atoms with E-state index in [0.717, 1.165) is 62.3 Å². The molecule has 4 rings (SSSR count). The summed E-state index contributed by atoms with van der Waals surface area (Å²) in [5.74, 6) is 3.25. The molecule has 2 aliphatic rings. The minimum absolute atomic E-state index is 0.190. The highest BCUT2D eigenvalue weighted by molar-refractivity contribution is 7.99. The van der Waals surface area contributed by atoms with E-state index in [9.17, 15) is 4.79 Å². The fourth-order valence-electron chi connectivity index (χ4n) is 5.35. The number of ether oxygens (including phenoxy) is 1. The summed E-state index contributed by atoms with van der Waals surface area (Å²) >= 11 is 2.03. The second-order valence-corrected chi connectivity index (χ2v) is 10.8. The smallest absolute Gasteiger partial charge is 0.240 e. The third kappa shape index (κ3) is 6.54. The molecule has 0 aliphatic heterocycles. The number of benzene rings is 2. The van der Waals surface area contributed by atoms with E-state index in [1.54, 1.807) is 0 Å². The summed E-state index contributed by atoms with van der Waals surface area (Å²) in [7, 11) is 0. The van der Waals surface area contributed by atoms with Crippen LogP contribution in [0.5, 0.6) is 11.5 Å². The number of nitrogens with two attached hydrogens (primary N) is 1. The summed E-state index contributed by atoms with van der Waals surface area (Å²) in [6.45, 7) is 2.88. The number of hydrogen-bond donors (Lipinski definition) is 1. The summed E-state index contributed by atoms with van der Waals surface area (Å²) in [6.07, 6.45) is 9.19. The first-order valence-electron chi connectivity index (χ1n) is 12.6. The molecule has 5 heteroatoms. The van der Waals surface area contributed by atoms with Crippen molar-refractivity contribution in [3.63, 3.8) is 0 Å². The highest BCUT2D eigenvalue weighted by Crippen LogP contribution is 2.36. The molecule has 0 aromatic heterocycles. The van der Waals surface area contributed by atoms with E-state index in [4.69, 9.17) is 10.5 Å². The second kappa shape index (κ2) is 11.9. The Morgan fingerprint density at radius 2 is 1.70 bits per heavy atom. The average molecular weight is 467 g/mol. The van der Waals surface area contributed by atoms with Crippen molar-refractivity contribution in [1.29, 1.82) is 0 Å². The van der Waals surface area contributed by atoms with Crippen LogP contribution in [0.2, 0.25) is 0 Å². The highest BCUT2D eigenvalue weighted by Gasteiger charge is 2.34. The van der Waals surface area contributed by atoms with E-state index in [-0.39, 0.29) is 11.9 Å². The predicted molar refractivity (Wildman–Crippen MR) is 138 cm³/mol. The largest absolute Gasteiger partial charge is 0.457 e. The van der Waals surface area contributed by atoms with E-state index in [2.05, 4.69) is 30.0 Å². The Morgan fingerprint density at radius 3 is 2.39 bits per heavy atom. The zero-order chi connectivity index (χ0) is 23.0. The first kappa shape index (κ1) is 24.2. The van der Waals surface area contributed by atoms with Gasteiger partial charge >= 0.3 is 0 Å². The van der Waals surface area contributed by atoms with Crippen LogP contribution in [0.3, 0.4) is 0 Å². The SMILES string of the molecule is CCN(C(=O)C(N)C1CCC(SCc2cccc(Oc3ccccc3)c2)CC1)C1CCCC1. The summed E-state index contributed by atoms with van der Waals surface area (Å²) in [5.41, 5.74) is 7.80. The standard InChI is InChI=1S/C28H38N2O2S/c1-2-30(23-10-6-7-11-23)28(31)27(29)22-15-17-26(18-16-22)33-20-21-9-8-14-25(19-21)32-24-12-4-3-5-13-24/h3-5,8-9,12-14,19,22-23,26-27H,2,6-7,10-11,15-18,20,29H2,1H3. The lowest BCUT2D eigenvalue weighted by atomic mass is 9.83. The van der Waals surface area contributed by atoms with Crippen molar-refractivity contribution in [2.24, 2.45) is 11.7 Å². The molecule has 2 aromatic carbocycles. The Hall–Kier alpha value is -1.98. The number of carbonyl (C=O) groups is 1. The van der Waals surface area contributed by atoms with Crippen LogP contribution in [0.1, 0.15) is 63.9 Å². The van der Waals surface area contributed by atoms with Crippen molar-refractivity contribution in [2.75, 3.05) is 6.54 Å². The number of nitrogens with zero attached hydrogens (tertiary/aromatic N) is 1. The van der Waals surface area contributed by atoms with Gasteiger partial charge in [0.15, 0.2) is 0 Å². The van der Waals surface area contributed by atoms with Crippen LogP contribution < -0.4 is 10.5 Å². The van der Waals surface area contributed by atoms with Crippen molar-refractivity contribution in [3.05, 3.63) is 60.2 Å². The maximum absolute atomic E-state index is 13.1. The highest BCUT2D eigenvalue weighted by atomic mass is 32.2. The normalized spacial score (nSPS) is 22.1. The molecule has 0 saturated heterocycles. The molecular weight excluding hydrogens is 428 g/mol. The van der Waals surface area contributed by atoms with Gasteiger partial charge in [0.1, 0.15) is 11.5 Å². The van der Waals surface area contributed by atoms with Crippen molar-refractivity contribution in [1.82, 2.24) is 4.90 Å². The summed E-state index contributed by atoms with van der Waals surface area (Å²) in [5, 5.41) is 0.638. The van der Waals surface area contributed by atoms with Gasteiger partial charge < -0.3 is 15.4 Å². The van der Waals surface area contributed by atoms with Gasteiger partial charge in [0.2, 0.25) is 5.91 Å². The Kier molecular flexibility index (Phi) is 8.74. The van der Waals surface area contributed by atoms with E-state index in [1.165, 1.54) is 18.4 Å². The quantitative estimate of drug-likeness (QED) is 0.465. The number of hydrogen-bond acceptors (Lipinski definition) is 4. The number of rotatable bonds is 9. The Morgan fingerprint density at radius 1 is 1.00 bits per heavy atom. The first-order chi connectivity index (χ1) is 16.1. The van der Waals surface area contributed by atoms with Crippen molar-refractivity contribution < 1.29 is 9.53 Å². The van der Waals surface area contributed by atoms with Crippen LogP contribution in [0.15, 0.2) is 54.6 Å². The van der Waals surface area contributed by atoms with Crippen LogP contribution in [0.4, 0.5) is 0 Å². The molecule has 4 nitrogen and oxygen atoms in total. The number of likely N-dealkylation sites (N-methyl/N-ethyl adjacent to an activating group) is 1. The molecule has 0 heterocycles. The van der Waals surface area contributed by atoms with Gasteiger partial charge in [-0.3, -0.25) is 4.79 Å². The van der Waals surface area contributed by atoms with Crippen LogP contribution in [-0.4, -0.2) is 34.7 Å². The number of para-hydroxylation sites is 1. The van der Waals surface area contributed by atoms with Gasteiger partial charge in [-0.2, -0.15) is 11.8 Å². The van der Waals surface area contributed by atoms with E-state index in [1.807, 2.05) is 48.2 Å². The molecule has 0 spiro atoms. The Labute approximate surface area is 203 Å². The van der Waals surface area contributed by atoms with Gasteiger partial charge in [-0.15, -0.1) is 0 Å². The van der Waals surface area contributed by atoms with Crippen molar-refractivity contribution in [2.45, 2.75) is 81.4 Å². The van der Waals surface area contributed by atoms with Crippen molar-refractivity contribution >= 4 is 17.7 Å². The fourth-order valence-corrected chi connectivity index (χ4v) is 6.57. The zero-order valence-corrected chi connectivity index (χ0v) is 20.6. The molecule has 2 N–H and O–H groups in total. The lowest BCUT2D eigenvalue weighted by Crippen LogP contribution is -2.51. The predicted octanol–water partition coefficient (Wildman–Crippen LogP) is 6.39. The molecular formula is C28H38N2O2S. The topological polar surface area (TPSA) is 55.6 Å². The molecule has 1 atom stereocenters. The summed E-state index contributed by atoms with van der Waals surface area (Å²) < 4.78 is 5.98. The van der Waals surface area contributed by atoms with E-state index >= 15 is 0 Å². The maximum atomic E-state index is 13.1. The maximum Gasteiger partial charge on any atom is 0.240 e. The Balaban J connectivity index is 1.23. The van der Waals surface area contributed by atoms with Gasteiger partial charge in [0.05, 0.1) is 6.04 Å². The minimum Gasteiger partial charge on any atom is -0.457 e. The van der Waals surface area contributed by atoms with E-state index in [0.29, 0.717) is 17.2 Å².